The number of halogens is 1. The van der Waals surface area contributed by atoms with Crippen molar-refractivity contribution in [3.8, 4) is 12.1 Å². The SMILES string of the molecule is Cc1cccc2cccc(N3CCc4nc(OC(C)(C)C5CCCN5C)nc(N5CCN(C(=O)C(C)F)C(/C=C/C#N)C5)c4CC3)c12. The zero-order chi connectivity index (χ0) is 33.3. The summed E-state index contributed by atoms with van der Waals surface area (Å²) in [7, 11) is 2.14. The number of rotatable bonds is 7. The molecule has 9 nitrogen and oxygen atoms in total. The van der Waals surface area contributed by atoms with Gasteiger partial charge in [-0.3, -0.25) is 9.69 Å². The molecule has 3 atom stereocenters. The van der Waals surface area contributed by atoms with Crippen LogP contribution < -0.4 is 14.5 Å². The lowest BCUT2D eigenvalue weighted by Crippen LogP contribution is -2.56. The molecule has 2 fully saturated rings. The molecule has 0 bridgehead atoms. The van der Waals surface area contributed by atoms with Gasteiger partial charge < -0.3 is 19.4 Å². The molecule has 4 heterocycles. The minimum atomic E-state index is -1.62. The first-order chi connectivity index (χ1) is 22.6. The van der Waals surface area contributed by atoms with E-state index in [-0.39, 0.29) is 6.04 Å². The number of nitrogens with zero attached hydrogens (tertiary/aromatic N) is 7. The van der Waals surface area contributed by atoms with Crippen LogP contribution in [0.25, 0.3) is 10.8 Å². The number of ether oxygens (including phenoxy) is 1. The Bertz CT molecular complexity index is 1690. The molecule has 0 spiro atoms. The van der Waals surface area contributed by atoms with Gasteiger partial charge in [0.15, 0.2) is 6.17 Å². The second-order valence-corrected chi connectivity index (χ2v) is 13.7. The summed E-state index contributed by atoms with van der Waals surface area (Å²) in [4.78, 5) is 31.5. The lowest BCUT2D eigenvalue weighted by molar-refractivity contribution is -0.137. The Morgan fingerprint density at radius 2 is 1.85 bits per heavy atom. The first-order valence-corrected chi connectivity index (χ1v) is 16.9. The molecule has 3 aliphatic heterocycles. The van der Waals surface area contributed by atoms with Gasteiger partial charge in [-0.15, -0.1) is 0 Å². The number of aromatic nitrogens is 2. The monoisotopic (exact) mass is 639 g/mol. The number of fused-ring (bicyclic) bond motifs is 2. The first-order valence-electron chi connectivity index (χ1n) is 16.9. The molecule has 10 heteroatoms. The van der Waals surface area contributed by atoms with Gasteiger partial charge in [-0.05, 0) is 83.6 Å². The van der Waals surface area contributed by atoms with Crippen molar-refractivity contribution >= 4 is 28.2 Å². The molecule has 1 amide bonds. The fourth-order valence-electron chi connectivity index (χ4n) is 7.79. The molecule has 3 aliphatic rings. The maximum Gasteiger partial charge on any atom is 0.319 e. The molecule has 3 unspecified atom stereocenters. The average Bonchev–Trinajstić information content (AvgIpc) is 3.39. The summed E-state index contributed by atoms with van der Waals surface area (Å²) in [6.07, 6.45) is 5.09. The minimum Gasteiger partial charge on any atom is -0.456 e. The molecular formula is C37H46FN7O2. The van der Waals surface area contributed by atoms with Crippen LogP contribution in [0.15, 0.2) is 48.6 Å². The highest BCUT2D eigenvalue weighted by atomic mass is 19.1. The van der Waals surface area contributed by atoms with Gasteiger partial charge in [0, 0.05) is 67.9 Å². The van der Waals surface area contributed by atoms with Crippen LogP contribution in [0.4, 0.5) is 15.9 Å². The fraction of sp³-hybridized carbons (Fsp3) is 0.514. The number of hydrogen-bond acceptors (Lipinski definition) is 8. The number of nitriles is 1. The standard InChI is InChI=1S/C37H46FN7O2/c1-25-10-6-11-27-12-7-14-31(33(25)27)43-20-16-29-30(17-21-43)40-36(47-37(3,4)32-15-9-19-42(32)5)41-34(29)44-22-23-45(35(46)26(2)38)28(24-44)13-8-18-39/h6-8,10-14,26,28,32H,9,15-17,19-24H2,1-5H3/b13-8+. The van der Waals surface area contributed by atoms with Crippen molar-refractivity contribution in [3.05, 3.63) is 65.4 Å². The number of alkyl halides is 1. The summed E-state index contributed by atoms with van der Waals surface area (Å²) in [5.74, 6) is 0.235. The Balaban J connectivity index is 1.37. The van der Waals surface area contributed by atoms with Gasteiger partial charge in [0.2, 0.25) is 0 Å². The van der Waals surface area contributed by atoms with E-state index < -0.39 is 23.7 Å². The maximum absolute atomic E-state index is 14.2. The third-order valence-electron chi connectivity index (χ3n) is 10.1. The van der Waals surface area contributed by atoms with Crippen LogP contribution in [-0.2, 0) is 17.6 Å². The number of likely N-dealkylation sites (N-methyl/N-ethyl adjacent to an activating group) is 1. The van der Waals surface area contributed by atoms with Gasteiger partial charge in [-0.2, -0.15) is 15.2 Å². The van der Waals surface area contributed by atoms with Crippen LogP contribution >= 0.6 is 0 Å². The molecule has 3 aromatic rings. The number of benzene rings is 2. The summed E-state index contributed by atoms with van der Waals surface area (Å²) in [6.45, 7) is 11.5. The molecule has 248 valence electrons. The summed E-state index contributed by atoms with van der Waals surface area (Å²) in [5.41, 5.74) is 4.02. The number of aryl methyl sites for hydroxylation is 1. The largest absolute Gasteiger partial charge is 0.456 e. The van der Waals surface area contributed by atoms with Gasteiger partial charge in [0.25, 0.3) is 5.91 Å². The Morgan fingerprint density at radius 3 is 2.57 bits per heavy atom. The smallest absolute Gasteiger partial charge is 0.319 e. The zero-order valence-electron chi connectivity index (χ0n) is 28.2. The van der Waals surface area contributed by atoms with Crippen LogP contribution in [0.2, 0.25) is 0 Å². The molecule has 6 rings (SSSR count). The van der Waals surface area contributed by atoms with Crippen LogP contribution in [-0.4, -0.2) is 95.8 Å². The zero-order valence-corrected chi connectivity index (χ0v) is 28.2. The highest BCUT2D eigenvalue weighted by Gasteiger charge is 2.39. The topological polar surface area (TPSA) is 88.8 Å². The van der Waals surface area contributed by atoms with Crippen LogP contribution in [0.3, 0.4) is 0 Å². The molecule has 2 saturated heterocycles. The Labute approximate surface area is 277 Å². The summed E-state index contributed by atoms with van der Waals surface area (Å²) in [5, 5.41) is 11.8. The van der Waals surface area contributed by atoms with Crippen molar-refractivity contribution in [2.75, 3.05) is 56.1 Å². The van der Waals surface area contributed by atoms with Crippen molar-refractivity contribution in [1.82, 2.24) is 19.8 Å². The summed E-state index contributed by atoms with van der Waals surface area (Å²) in [6, 6.07) is 15.1. The Kier molecular flexibility index (Phi) is 9.38. The molecule has 0 radical (unpaired) electrons. The van der Waals surface area contributed by atoms with Crippen molar-refractivity contribution in [2.45, 2.75) is 77.2 Å². The number of likely N-dealkylation sites (tertiary alicyclic amines) is 1. The predicted molar refractivity (Wildman–Crippen MR) is 184 cm³/mol. The van der Waals surface area contributed by atoms with Crippen molar-refractivity contribution in [3.63, 3.8) is 0 Å². The Morgan fingerprint density at radius 1 is 1.09 bits per heavy atom. The third kappa shape index (κ3) is 6.64. The number of allylic oxidation sites excluding steroid dienone is 1. The van der Waals surface area contributed by atoms with Crippen molar-refractivity contribution < 1.29 is 13.9 Å². The van der Waals surface area contributed by atoms with E-state index in [2.05, 4.69) is 78.9 Å². The maximum atomic E-state index is 14.2. The molecule has 0 aliphatic carbocycles. The fourth-order valence-corrected chi connectivity index (χ4v) is 7.79. The first kappa shape index (κ1) is 32.7. The normalized spacial score (nSPS) is 21.5. The second-order valence-electron chi connectivity index (χ2n) is 13.7. The van der Waals surface area contributed by atoms with Crippen molar-refractivity contribution in [2.24, 2.45) is 0 Å². The molecular weight excluding hydrogens is 593 g/mol. The van der Waals surface area contributed by atoms with Crippen LogP contribution in [0, 0.1) is 18.3 Å². The van der Waals surface area contributed by atoms with Gasteiger partial charge in [-0.25, -0.2) is 4.39 Å². The van der Waals surface area contributed by atoms with E-state index in [1.54, 1.807) is 6.08 Å². The second kappa shape index (κ2) is 13.5. The van der Waals surface area contributed by atoms with Gasteiger partial charge >= 0.3 is 6.01 Å². The van der Waals surface area contributed by atoms with Gasteiger partial charge in [-0.1, -0.05) is 30.3 Å². The number of carbonyl (C=O) groups is 1. The number of carbonyl (C=O) groups excluding carboxylic acids is 1. The molecule has 0 saturated carbocycles. The van der Waals surface area contributed by atoms with E-state index in [9.17, 15) is 14.4 Å². The van der Waals surface area contributed by atoms with E-state index in [0.29, 0.717) is 25.6 Å². The van der Waals surface area contributed by atoms with E-state index in [1.165, 1.54) is 39.9 Å². The molecule has 47 heavy (non-hydrogen) atoms. The number of piperazine rings is 1. The minimum absolute atomic E-state index is 0.246. The van der Waals surface area contributed by atoms with Crippen molar-refractivity contribution in [1.29, 1.82) is 5.26 Å². The summed E-state index contributed by atoms with van der Waals surface area (Å²) >= 11 is 0. The van der Waals surface area contributed by atoms with Gasteiger partial charge in [0.05, 0.1) is 17.8 Å². The van der Waals surface area contributed by atoms with E-state index in [1.807, 2.05) is 6.07 Å². The lowest BCUT2D eigenvalue weighted by Gasteiger charge is -2.42. The van der Waals surface area contributed by atoms with E-state index in [0.717, 1.165) is 62.4 Å². The average molecular weight is 640 g/mol. The predicted octanol–water partition coefficient (Wildman–Crippen LogP) is 5.25. The lowest BCUT2D eigenvalue weighted by atomic mass is 9.96. The number of hydrogen-bond donors (Lipinski definition) is 0. The van der Waals surface area contributed by atoms with E-state index in [4.69, 9.17) is 14.7 Å². The quantitative estimate of drug-likeness (QED) is 0.324. The molecule has 1 aromatic heterocycles. The number of anilines is 2. The van der Waals surface area contributed by atoms with Crippen LogP contribution in [0.1, 0.15) is 50.4 Å². The third-order valence-corrected chi connectivity index (χ3v) is 10.1. The number of amides is 1. The Hall–Kier alpha value is -4.23. The highest BCUT2D eigenvalue weighted by Crippen LogP contribution is 2.35. The van der Waals surface area contributed by atoms with Crippen LogP contribution in [0.5, 0.6) is 6.01 Å². The molecule has 2 aromatic carbocycles. The van der Waals surface area contributed by atoms with E-state index >= 15 is 0 Å². The van der Waals surface area contributed by atoms with Gasteiger partial charge in [0.1, 0.15) is 11.4 Å². The summed E-state index contributed by atoms with van der Waals surface area (Å²) < 4.78 is 20.9. The highest BCUT2D eigenvalue weighted by molar-refractivity contribution is 5.97. The molecule has 0 N–H and O–H groups in total.